The standard InChI is InChI=1S/C10H13N5OS/c11-7-1-2-14(4-7)5-8-3-9(16)15-10(13-8)17-6-12-15/h3,6-7H,1-2,4-5,11H2. The van der Waals surface area contributed by atoms with E-state index in [1.165, 1.54) is 15.9 Å². The molecule has 6 nitrogen and oxygen atoms in total. The van der Waals surface area contributed by atoms with Crippen molar-refractivity contribution in [1.29, 1.82) is 0 Å². The van der Waals surface area contributed by atoms with Gasteiger partial charge in [0, 0.05) is 31.7 Å². The van der Waals surface area contributed by atoms with Gasteiger partial charge in [-0.2, -0.15) is 9.61 Å². The molecular weight excluding hydrogens is 238 g/mol. The molecule has 3 rings (SSSR count). The molecule has 0 saturated carbocycles. The lowest BCUT2D eigenvalue weighted by Gasteiger charge is -2.13. The van der Waals surface area contributed by atoms with E-state index in [-0.39, 0.29) is 11.6 Å². The summed E-state index contributed by atoms with van der Waals surface area (Å²) in [6, 6.07) is 1.81. The van der Waals surface area contributed by atoms with E-state index >= 15 is 0 Å². The van der Waals surface area contributed by atoms with E-state index in [4.69, 9.17) is 5.73 Å². The Bertz CT molecular complexity index is 592. The normalized spacial score (nSPS) is 21.4. The van der Waals surface area contributed by atoms with Crippen molar-refractivity contribution < 1.29 is 0 Å². The van der Waals surface area contributed by atoms with Crippen molar-refractivity contribution in [3.63, 3.8) is 0 Å². The first-order valence-corrected chi connectivity index (χ1v) is 6.41. The Balaban J connectivity index is 1.88. The number of hydrogen-bond donors (Lipinski definition) is 1. The van der Waals surface area contributed by atoms with Crippen molar-refractivity contribution >= 4 is 16.3 Å². The van der Waals surface area contributed by atoms with Crippen molar-refractivity contribution in [3.8, 4) is 0 Å². The van der Waals surface area contributed by atoms with Crippen LogP contribution in [0, 0.1) is 0 Å². The summed E-state index contributed by atoms with van der Waals surface area (Å²) in [4.78, 5) is 19.0. The van der Waals surface area contributed by atoms with E-state index in [1.807, 2.05) is 0 Å². The maximum absolute atomic E-state index is 11.7. The van der Waals surface area contributed by atoms with Crippen LogP contribution < -0.4 is 11.3 Å². The summed E-state index contributed by atoms with van der Waals surface area (Å²) in [7, 11) is 0. The van der Waals surface area contributed by atoms with Crippen LogP contribution in [0.3, 0.4) is 0 Å². The summed E-state index contributed by atoms with van der Waals surface area (Å²) in [6.45, 7) is 2.55. The predicted octanol–water partition coefficient (Wildman–Crippen LogP) is -0.316. The second kappa shape index (κ2) is 4.17. The first-order valence-electron chi connectivity index (χ1n) is 5.53. The number of nitrogens with two attached hydrogens (primary N) is 1. The Kier molecular flexibility index (Phi) is 2.65. The van der Waals surface area contributed by atoms with Gasteiger partial charge in [0.1, 0.15) is 5.51 Å². The fraction of sp³-hybridized carbons (Fsp3) is 0.500. The predicted molar refractivity (Wildman–Crippen MR) is 65.0 cm³/mol. The molecule has 2 aromatic rings. The minimum absolute atomic E-state index is 0.116. The van der Waals surface area contributed by atoms with Crippen molar-refractivity contribution in [3.05, 3.63) is 27.6 Å². The van der Waals surface area contributed by atoms with Crippen LogP contribution >= 0.6 is 11.3 Å². The Hall–Kier alpha value is -1.31. The fourth-order valence-electron chi connectivity index (χ4n) is 2.12. The molecule has 0 aromatic carbocycles. The molecule has 1 saturated heterocycles. The third-order valence-corrected chi connectivity index (χ3v) is 3.61. The van der Waals surface area contributed by atoms with Crippen molar-refractivity contribution in [2.24, 2.45) is 5.73 Å². The lowest BCUT2D eigenvalue weighted by atomic mass is 10.3. The van der Waals surface area contributed by atoms with Gasteiger partial charge in [-0.05, 0) is 6.42 Å². The number of rotatable bonds is 2. The summed E-state index contributed by atoms with van der Waals surface area (Å²) in [6.07, 6.45) is 1.02. The molecule has 1 fully saturated rings. The first kappa shape index (κ1) is 10.8. The van der Waals surface area contributed by atoms with Crippen molar-refractivity contribution in [2.75, 3.05) is 13.1 Å². The van der Waals surface area contributed by atoms with Crippen LogP contribution in [0.15, 0.2) is 16.4 Å². The lowest BCUT2D eigenvalue weighted by molar-refractivity contribution is 0.323. The summed E-state index contributed by atoms with van der Waals surface area (Å²) < 4.78 is 1.32. The van der Waals surface area contributed by atoms with Crippen molar-refractivity contribution in [1.82, 2.24) is 19.5 Å². The maximum Gasteiger partial charge on any atom is 0.275 e. The van der Waals surface area contributed by atoms with Gasteiger partial charge >= 0.3 is 0 Å². The molecule has 0 bridgehead atoms. The van der Waals surface area contributed by atoms with Crippen molar-refractivity contribution in [2.45, 2.75) is 19.0 Å². The van der Waals surface area contributed by atoms with Crippen LogP contribution in [-0.2, 0) is 6.54 Å². The van der Waals surface area contributed by atoms with Crippen LogP contribution in [0.4, 0.5) is 0 Å². The minimum atomic E-state index is -0.116. The second-order valence-electron chi connectivity index (χ2n) is 4.30. The van der Waals surface area contributed by atoms with E-state index in [1.54, 1.807) is 11.6 Å². The molecule has 3 heterocycles. The van der Waals surface area contributed by atoms with Gasteiger partial charge in [0.25, 0.3) is 5.56 Å². The van der Waals surface area contributed by atoms with E-state index in [0.29, 0.717) is 11.5 Å². The van der Waals surface area contributed by atoms with Gasteiger partial charge in [0.2, 0.25) is 4.96 Å². The van der Waals surface area contributed by atoms with E-state index < -0.39 is 0 Å². The highest BCUT2D eigenvalue weighted by Crippen LogP contribution is 2.11. The highest BCUT2D eigenvalue weighted by atomic mass is 32.1. The summed E-state index contributed by atoms with van der Waals surface area (Å²) in [5.74, 6) is 0. The van der Waals surface area contributed by atoms with Crippen LogP contribution in [0.5, 0.6) is 0 Å². The van der Waals surface area contributed by atoms with Gasteiger partial charge in [-0.1, -0.05) is 11.3 Å². The quantitative estimate of drug-likeness (QED) is 0.792. The molecule has 0 aliphatic carbocycles. The third kappa shape index (κ3) is 2.08. The smallest absolute Gasteiger partial charge is 0.275 e. The van der Waals surface area contributed by atoms with Gasteiger partial charge in [-0.15, -0.1) is 0 Å². The highest BCUT2D eigenvalue weighted by Gasteiger charge is 2.19. The van der Waals surface area contributed by atoms with Gasteiger partial charge in [0.05, 0.1) is 5.69 Å². The minimum Gasteiger partial charge on any atom is -0.326 e. The SMILES string of the molecule is NC1CCN(Cc2cc(=O)n3ncsc3n2)C1. The molecule has 17 heavy (non-hydrogen) atoms. The molecule has 0 spiro atoms. The molecule has 0 amide bonds. The van der Waals surface area contributed by atoms with Gasteiger partial charge in [0.15, 0.2) is 0 Å². The number of hydrogen-bond acceptors (Lipinski definition) is 6. The monoisotopic (exact) mass is 251 g/mol. The number of aromatic nitrogens is 3. The Labute approximate surface area is 102 Å². The van der Waals surface area contributed by atoms with Crippen LogP contribution in [0.1, 0.15) is 12.1 Å². The average molecular weight is 251 g/mol. The zero-order valence-electron chi connectivity index (χ0n) is 9.24. The summed E-state index contributed by atoms with van der Waals surface area (Å²) in [5, 5.41) is 3.93. The maximum atomic E-state index is 11.7. The Morgan fingerprint density at radius 1 is 1.59 bits per heavy atom. The van der Waals surface area contributed by atoms with E-state index in [0.717, 1.165) is 25.2 Å². The van der Waals surface area contributed by atoms with Gasteiger partial charge in [-0.3, -0.25) is 9.69 Å². The van der Waals surface area contributed by atoms with Gasteiger partial charge in [-0.25, -0.2) is 4.98 Å². The molecule has 1 aliphatic rings. The zero-order chi connectivity index (χ0) is 11.8. The number of likely N-dealkylation sites (tertiary alicyclic amines) is 1. The molecule has 90 valence electrons. The van der Waals surface area contributed by atoms with Crippen LogP contribution in [0.25, 0.3) is 4.96 Å². The Morgan fingerprint density at radius 3 is 3.24 bits per heavy atom. The molecule has 7 heteroatoms. The molecule has 1 unspecified atom stereocenters. The number of nitrogens with zero attached hydrogens (tertiary/aromatic N) is 4. The van der Waals surface area contributed by atoms with E-state index in [9.17, 15) is 4.79 Å². The molecule has 1 atom stereocenters. The first-order chi connectivity index (χ1) is 8.22. The second-order valence-corrected chi connectivity index (χ2v) is 5.11. The molecular formula is C10H13N5OS. The third-order valence-electron chi connectivity index (χ3n) is 2.93. The van der Waals surface area contributed by atoms with Crippen LogP contribution in [0.2, 0.25) is 0 Å². The molecule has 2 aromatic heterocycles. The molecule has 2 N–H and O–H groups in total. The zero-order valence-corrected chi connectivity index (χ0v) is 10.1. The Morgan fingerprint density at radius 2 is 2.47 bits per heavy atom. The lowest BCUT2D eigenvalue weighted by Crippen LogP contribution is -2.27. The van der Waals surface area contributed by atoms with Crippen LogP contribution in [-0.4, -0.2) is 38.6 Å². The van der Waals surface area contributed by atoms with E-state index in [2.05, 4.69) is 15.0 Å². The average Bonchev–Trinajstić information content (AvgIpc) is 2.87. The molecule has 1 aliphatic heterocycles. The summed E-state index contributed by atoms with van der Waals surface area (Å²) in [5.41, 5.74) is 8.15. The topological polar surface area (TPSA) is 76.5 Å². The van der Waals surface area contributed by atoms with Gasteiger partial charge < -0.3 is 5.73 Å². The largest absolute Gasteiger partial charge is 0.326 e. The molecule has 0 radical (unpaired) electrons. The highest BCUT2D eigenvalue weighted by molar-refractivity contribution is 7.14. The fourth-order valence-corrected chi connectivity index (χ4v) is 2.76. The number of fused-ring (bicyclic) bond motifs is 1. The summed E-state index contributed by atoms with van der Waals surface area (Å²) >= 11 is 1.37.